The molecule has 0 radical (unpaired) electrons. The Balaban J connectivity index is 1.49. The maximum absolute atomic E-state index is 12.8. The van der Waals surface area contributed by atoms with E-state index in [1.807, 2.05) is 46.7 Å². The minimum Gasteiger partial charge on any atom is -0.465 e. The van der Waals surface area contributed by atoms with E-state index in [2.05, 4.69) is 15.5 Å². The van der Waals surface area contributed by atoms with Crippen molar-refractivity contribution in [3.63, 3.8) is 0 Å². The van der Waals surface area contributed by atoms with Gasteiger partial charge < -0.3 is 19.9 Å². The summed E-state index contributed by atoms with van der Waals surface area (Å²) in [6.07, 6.45) is 0. The smallest absolute Gasteiger partial charge is 0.337 e. The zero-order valence-corrected chi connectivity index (χ0v) is 20.7. The average Bonchev–Trinajstić information content (AvgIpc) is 3.44. The Morgan fingerprint density at radius 1 is 0.943 bits per heavy atom. The standard InChI is InChI=1S/C25H24N4O4S2/c1-33-24(32)18-9-10-20(19(16-18)26-25(34)27-22(30)21-8-5-15-35-21)28-11-13-29(14-12-28)23(31)17-6-3-2-4-7-17/h2-10,15-16H,11-14H2,1H3,(H2,26,27,30,34). The molecule has 0 unspecified atom stereocenters. The van der Waals surface area contributed by atoms with Crippen molar-refractivity contribution in [3.05, 3.63) is 82.0 Å². The number of thiocarbonyl (C=S) groups is 1. The van der Waals surface area contributed by atoms with Crippen LogP contribution in [0.4, 0.5) is 11.4 Å². The highest BCUT2D eigenvalue weighted by Crippen LogP contribution is 2.29. The molecule has 2 heterocycles. The monoisotopic (exact) mass is 508 g/mol. The number of rotatable bonds is 5. The third-order valence-corrected chi connectivity index (χ3v) is 6.64. The zero-order valence-electron chi connectivity index (χ0n) is 19.0. The Kier molecular flexibility index (Phi) is 7.74. The van der Waals surface area contributed by atoms with Crippen LogP contribution in [0.1, 0.15) is 30.4 Å². The van der Waals surface area contributed by atoms with Gasteiger partial charge in [-0.15, -0.1) is 11.3 Å². The molecule has 2 aromatic carbocycles. The highest BCUT2D eigenvalue weighted by Gasteiger charge is 2.24. The SMILES string of the molecule is COC(=O)c1ccc(N2CCN(C(=O)c3ccccc3)CC2)c(NC(=S)NC(=O)c2cccs2)c1. The number of methoxy groups -OCH3 is 1. The van der Waals surface area contributed by atoms with Gasteiger partial charge in [0.2, 0.25) is 0 Å². The lowest BCUT2D eigenvalue weighted by atomic mass is 10.1. The van der Waals surface area contributed by atoms with Gasteiger partial charge in [-0.25, -0.2) is 4.79 Å². The van der Waals surface area contributed by atoms with Crippen molar-refractivity contribution in [2.45, 2.75) is 0 Å². The first-order valence-corrected chi connectivity index (χ1v) is 12.2. The molecule has 3 aromatic rings. The van der Waals surface area contributed by atoms with Gasteiger partial charge in [0.1, 0.15) is 0 Å². The number of nitrogens with zero attached hydrogens (tertiary/aromatic N) is 2. The molecule has 1 aliphatic rings. The Morgan fingerprint density at radius 3 is 2.34 bits per heavy atom. The molecule has 1 fully saturated rings. The average molecular weight is 509 g/mol. The van der Waals surface area contributed by atoms with Crippen LogP contribution in [0.3, 0.4) is 0 Å². The Hall–Kier alpha value is -3.76. The summed E-state index contributed by atoms with van der Waals surface area (Å²) in [7, 11) is 1.32. The number of nitrogens with one attached hydrogen (secondary N) is 2. The van der Waals surface area contributed by atoms with Crippen molar-refractivity contribution in [3.8, 4) is 0 Å². The minimum absolute atomic E-state index is 0.00195. The lowest BCUT2D eigenvalue weighted by Crippen LogP contribution is -2.49. The Labute approximate surface area is 212 Å². The maximum Gasteiger partial charge on any atom is 0.337 e. The van der Waals surface area contributed by atoms with E-state index in [1.54, 1.807) is 24.3 Å². The van der Waals surface area contributed by atoms with Gasteiger partial charge in [0.05, 0.1) is 28.9 Å². The summed E-state index contributed by atoms with van der Waals surface area (Å²) in [5, 5.41) is 7.65. The number of thiophene rings is 1. The molecular formula is C25H24N4O4S2. The first-order chi connectivity index (χ1) is 17.0. The summed E-state index contributed by atoms with van der Waals surface area (Å²) in [6, 6.07) is 17.9. The molecule has 2 amide bonds. The van der Waals surface area contributed by atoms with Crippen molar-refractivity contribution in [2.75, 3.05) is 43.5 Å². The number of carbonyl (C=O) groups is 3. The van der Waals surface area contributed by atoms with Crippen LogP contribution in [0.2, 0.25) is 0 Å². The van der Waals surface area contributed by atoms with Gasteiger partial charge in [0.15, 0.2) is 5.11 Å². The summed E-state index contributed by atoms with van der Waals surface area (Å²) < 4.78 is 4.85. The van der Waals surface area contributed by atoms with Crippen LogP contribution in [-0.4, -0.2) is 61.1 Å². The summed E-state index contributed by atoms with van der Waals surface area (Å²) in [5.74, 6) is -0.787. The normalized spacial score (nSPS) is 13.2. The molecule has 8 nitrogen and oxygen atoms in total. The van der Waals surface area contributed by atoms with Gasteiger partial charge in [0.25, 0.3) is 11.8 Å². The van der Waals surface area contributed by atoms with Gasteiger partial charge in [-0.05, 0) is 54.0 Å². The number of benzene rings is 2. The molecule has 35 heavy (non-hydrogen) atoms. The number of amides is 2. The van der Waals surface area contributed by atoms with E-state index >= 15 is 0 Å². The van der Waals surface area contributed by atoms with Crippen LogP contribution in [0.25, 0.3) is 0 Å². The summed E-state index contributed by atoms with van der Waals surface area (Å²) in [4.78, 5) is 41.8. The fourth-order valence-corrected chi connectivity index (χ4v) is 4.62. The van der Waals surface area contributed by atoms with Crippen molar-refractivity contribution in [1.29, 1.82) is 0 Å². The summed E-state index contributed by atoms with van der Waals surface area (Å²) in [6.45, 7) is 2.29. The van der Waals surface area contributed by atoms with Gasteiger partial charge in [-0.1, -0.05) is 24.3 Å². The number of carbonyl (C=O) groups excluding carboxylic acids is 3. The second kappa shape index (κ2) is 11.1. The quantitative estimate of drug-likeness (QED) is 0.402. The predicted molar refractivity (Wildman–Crippen MR) is 140 cm³/mol. The molecule has 0 bridgehead atoms. The lowest BCUT2D eigenvalue weighted by Gasteiger charge is -2.37. The van der Waals surface area contributed by atoms with Gasteiger partial charge in [0, 0.05) is 31.7 Å². The molecule has 0 spiro atoms. The largest absolute Gasteiger partial charge is 0.465 e. The summed E-state index contributed by atoms with van der Waals surface area (Å²) in [5.41, 5.74) is 2.38. The van der Waals surface area contributed by atoms with E-state index in [1.165, 1.54) is 18.4 Å². The molecule has 0 atom stereocenters. The van der Waals surface area contributed by atoms with E-state index in [0.29, 0.717) is 47.9 Å². The second-order valence-corrected chi connectivity index (χ2v) is 9.11. The van der Waals surface area contributed by atoms with E-state index < -0.39 is 5.97 Å². The second-order valence-electron chi connectivity index (χ2n) is 7.75. The first kappa shape index (κ1) is 24.4. The van der Waals surface area contributed by atoms with Crippen LogP contribution in [0, 0.1) is 0 Å². The molecule has 1 saturated heterocycles. The number of piperazine rings is 1. The fourth-order valence-electron chi connectivity index (χ4n) is 3.80. The molecule has 1 aliphatic heterocycles. The maximum atomic E-state index is 12.8. The van der Waals surface area contributed by atoms with Crippen molar-refractivity contribution >= 4 is 57.8 Å². The van der Waals surface area contributed by atoms with E-state index in [-0.39, 0.29) is 16.9 Å². The highest BCUT2D eigenvalue weighted by atomic mass is 32.1. The Morgan fingerprint density at radius 2 is 1.69 bits per heavy atom. The lowest BCUT2D eigenvalue weighted by molar-refractivity contribution is 0.0600. The van der Waals surface area contributed by atoms with Gasteiger partial charge in [-0.2, -0.15) is 0 Å². The molecule has 2 N–H and O–H groups in total. The third kappa shape index (κ3) is 5.84. The van der Waals surface area contributed by atoms with Crippen molar-refractivity contribution in [2.24, 2.45) is 0 Å². The van der Waals surface area contributed by atoms with Crippen LogP contribution in [-0.2, 0) is 4.74 Å². The van der Waals surface area contributed by atoms with Crippen LogP contribution < -0.4 is 15.5 Å². The molecular weight excluding hydrogens is 484 g/mol. The minimum atomic E-state index is -0.480. The van der Waals surface area contributed by atoms with Gasteiger partial charge >= 0.3 is 5.97 Å². The Bertz CT molecular complexity index is 1220. The van der Waals surface area contributed by atoms with Crippen LogP contribution in [0.15, 0.2) is 66.0 Å². The number of esters is 1. The third-order valence-electron chi connectivity index (χ3n) is 5.57. The van der Waals surface area contributed by atoms with Crippen LogP contribution in [0.5, 0.6) is 0 Å². The number of ether oxygens (including phenoxy) is 1. The first-order valence-electron chi connectivity index (χ1n) is 10.9. The fraction of sp³-hybridized carbons (Fsp3) is 0.200. The molecule has 0 saturated carbocycles. The van der Waals surface area contributed by atoms with E-state index in [9.17, 15) is 14.4 Å². The predicted octanol–water partition coefficient (Wildman–Crippen LogP) is 3.62. The molecule has 1 aromatic heterocycles. The van der Waals surface area contributed by atoms with E-state index in [4.69, 9.17) is 17.0 Å². The highest BCUT2D eigenvalue weighted by molar-refractivity contribution is 7.80. The molecule has 4 rings (SSSR count). The summed E-state index contributed by atoms with van der Waals surface area (Å²) >= 11 is 6.68. The van der Waals surface area contributed by atoms with Crippen molar-refractivity contribution in [1.82, 2.24) is 10.2 Å². The molecule has 0 aliphatic carbocycles. The zero-order chi connectivity index (χ0) is 24.8. The topological polar surface area (TPSA) is 91.0 Å². The number of anilines is 2. The van der Waals surface area contributed by atoms with Gasteiger partial charge in [-0.3, -0.25) is 14.9 Å². The van der Waals surface area contributed by atoms with Crippen molar-refractivity contribution < 1.29 is 19.1 Å². The molecule has 10 heteroatoms. The number of hydrogen-bond acceptors (Lipinski definition) is 7. The molecule has 180 valence electrons. The van der Waals surface area contributed by atoms with Crippen LogP contribution >= 0.6 is 23.6 Å². The van der Waals surface area contributed by atoms with E-state index in [0.717, 1.165) is 5.69 Å². The number of hydrogen-bond donors (Lipinski definition) is 2.